The van der Waals surface area contributed by atoms with Crippen molar-refractivity contribution < 1.29 is 10.0 Å². The molecule has 10 heavy (non-hydrogen) atoms. The number of aliphatic hydroxyl groups is 1. The van der Waals surface area contributed by atoms with Crippen LogP contribution in [-0.4, -0.2) is 22.7 Å². The third kappa shape index (κ3) is 3.40. The Hall–Kier alpha value is -0.640. The molecule has 0 aromatic rings. The predicted octanol–water partition coefficient (Wildman–Crippen LogP) is 0.670. The van der Waals surface area contributed by atoms with E-state index in [2.05, 4.69) is 0 Å². The minimum absolute atomic E-state index is 0.0260. The van der Waals surface area contributed by atoms with Crippen LogP contribution in [-0.2, 0) is 0 Å². The lowest BCUT2D eigenvalue weighted by Crippen LogP contribution is -2.19. The lowest BCUT2D eigenvalue weighted by Gasteiger charge is -2.07. The van der Waals surface area contributed by atoms with Gasteiger partial charge in [0.05, 0.1) is 0 Å². The van der Waals surface area contributed by atoms with Crippen LogP contribution < -0.4 is 0 Å². The fourth-order valence-electron chi connectivity index (χ4n) is 0.743. The molecule has 0 aliphatic heterocycles. The topological polar surface area (TPSA) is 63.4 Å². The van der Waals surface area contributed by atoms with Crippen molar-refractivity contribution in [3.8, 4) is 0 Å². The molecule has 0 aromatic heterocycles. The van der Waals surface area contributed by atoms with Crippen LogP contribution in [0.25, 0.3) is 0 Å². The molecule has 0 fully saturated rings. The SMILES string of the molecule is CC(CO)CC(C)[N+](=O)[O-]. The molecule has 0 spiro atoms. The van der Waals surface area contributed by atoms with Gasteiger partial charge in [-0.2, -0.15) is 0 Å². The molecule has 0 aromatic carbocycles. The van der Waals surface area contributed by atoms with Gasteiger partial charge in [-0.1, -0.05) is 6.92 Å². The van der Waals surface area contributed by atoms with Gasteiger partial charge in [-0.25, -0.2) is 0 Å². The summed E-state index contributed by atoms with van der Waals surface area (Å²) in [5.74, 6) is 0.0281. The quantitative estimate of drug-likeness (QED) is 0.469. The van der Waals surface area contributed by atoms with Crippen LogP contribution in [0.2, 0.25) is 0 Å². The number of nitro groups is 1. The van der Waals surface area contributed by atoms with Crippen LogP contribution in [0.5, 0.6) is 0 Å². The molecule has 0 rings (SSSR count). The van der Waals surface area contributed by atoms with E-state index >= 15 is 0 Å². The molecule has 4 heteroatoms. The maximum atomic E-state index is 10.1. The number of hydrogen-bond donors (Lipinski definition) is 1. The van der Waals surface area contributed by atoms with Gasteiger partial charge in [0.1, 0.15) is 0 Å². The van der Waals surface area contributed by atoms with Crippen LogP contribution in [0.15, 0.2) is 0 Å². The van der Waals surface area contributed by atoms with Gasteiger partial charge in [0.15, 0.2) is 0 Å². The first-order chi connectivity index (χ1) is 4.57. The lowest BCUT2D eigenvalue weighted by atomic mass is 10.0. The fraction of sp³-hybridized carbons (Fsp3) is 1.00. The van der Waals surface area contributed by atoms with E-state index < -0.39 is 6.04 Å². The minimum atomic E-state index is -0.540. The molecule has 0 amide bonds. The maximum Gasteiger partial charge on any atom is 0.210 e. The Balaban J connectivity index is 3.56. The first-order valence-electron chi connectivity index (χ1n) is 3.32. The van der Waals surface area contributed by atoms with Crippen LogP contribution in [0.3, 0.4) is 0 Å². The van der Waals surface area contributed by atoms with Crippen molar-refractivity contribution in [2.75, 3.05) is 6.61 Å². The van der Waals surface area contributed by atoms with Crippen molar-refractivity contribution in [1.82, 2.24) is 0 Å². The van der Waals surface area contributed by atoms with Gasteiger partial charge in [0.2, 0.25) is 6.04 Å². The van der Waals surface area contributed by atoms with Gasteiger partial charge < -0.3 is 5.11 Å². The number of hydrogen-bond acceptors (Lipinski definition) is 3. The third-order valence-electron chi connectivity index (χ3n) is 1.42. The minimum Gasteiger partial charge on any atom is -0.396 e. The average Bonchev–Trinajstić information content (AvgIpc) is 1.87. The lowest BCUT2D eigenvalue weighted by molar-refractivity contribution is -0.520. The third-order valence-corrected chi connectivity index (χ3v) is 1.42. The van der Waals surface area contributed by atoms with E-state index in [0.29, 0.717) is 6.42 Å². The van der Waals surface area contributed by atoms with E-state index in [1.807, 2.05) is 0 Å². The molecule has 2 unspecified atom stereocenters. The molecule has 0 saturated carbocycles. The first kappa shape index (κ1) is 9.36. The normalized spacial score (nSPS) is 16.3. The van der Waals surface area contributed by atoms with Crippen molar-refractivity contribution in [1.29, 1.82) is 0 Å². The summed E-state index contributed by atoms with van der Waals surface area (Å²) < 4.78 is 0. The van der Waals surface area contributed by atoms with Gasteiger partial charge >= 0.3 is 0 Å². The molecular weight excluding hydrogens is 134 g/mol. The van der Waals surface area contributed by atoms with E-state index in [9.17, 15) is 10.1 Å². The molecule has 0 radical (unpaired) electrons. The summed E-state index contributed by atoms with van der Waals surface area (Å²) >= 11 is 0. The summed E-state index contributed by atoms with van der Waals surface area (Å²) in [6.45, 7) is 3.37. The Morgan fingerprint density at radius 3 is 2.40 bits per heavy atom. The predicted molar refractivity (Wildman–Crippen MR) is 37.3 cm³/mol. The Bertz CT molecular complexity index is 116. The Kier molecular flexibility index (Phi) is 3.95. The molecule has 4 nitrogen and oxygen atoms in total. The van der Waals surface area contributed by atoms with Crippen LogP contribution in [0.1, 0.15) is 20.3 Å². The van der Waals surface area contributed by atoms with E-state index in [1.54, 1.807) is 13.8 Å². The molecule has 0 heterocycles. The largest absolute Gasteiger partial charge is 0.396 e. The molecule has 0 aliphatic carbocycles. The highest BCUT2D eigenvalue weighted by atomic mass is 16.6. The fourth-order valence-corrected chi connectivity index (χ4v) is 0.743. The Morgan fingerprint density at radius 1 is 1.60 bits per heavy atom. The zero-order chi connectivity index (χ0) is 8.15. The summed E-state index contributed by atoms with van der Waals surface area (Å²) in [5.41, 5.74) is 0. The van der Waals surface area contributed by atoms with Gasteiger partial charge in [-0.15, -0.1) is 0 Å². The number of nitrogens with zero attached hydrogens (tertiary/aromatic N) is 1. The zero-order valence-electron chi connectivity index (χ0n) is 6.28. The van der Waals surface area contributed by atoms with Crippen molar-refractivity contribution >= 4 is 0 Å². The van der Waals surface area contributed by atoms with Crippen LogP contribution >= 0.6 is 0 Å². The molecule has 0 aliphatic rings. The molecule has 2 atom stereocenters. The smallest absolute Gasteiger partial charge is 0.210 e. The van der Waals surface area contributed by atoms with Crippen molar-refractivity contribution in [2.24, 2.45) is 5.92 Å². The maximum absolute atomic E-state index is 10.1. The van der Waals surface area contributed by atoms with Gasteiger partial charge in [0, 0.05) is 24.9 Å². The molecule has 1 N–H and O–H groups in total. The number of aliphatic hydroxyl groups excluding tert-OH is 1. The van der Waals surface area contributed by atoms with Gasteiger partial charge in [-0.3, -0.25) is 10.1 Å². The number of rotatable bonds is 4. The highest BCUT2D eigenvalue weighted by Gasteiger charge is 2.15. The van der Waals surface area contributed by atoms with Crippen LogP contribution in [0.4, 0.5) is 0 Å². The zero-order valence-corrected chi connectivity index (χ0v) is 6.28. The highest BCUT2D eigenvalue weighted by molar-refractivity contribution is 4.55. The van der Waals surface area contributed by atoms with E-state index in [0.717, 1.165) is 0 Å². The highest BCUT2D eigenvalue weighted by Crippen LogP contribution is 2.06. The second-order valence-electron chi connectivity index (χ2n) is 2.66. The van der Waals surface area contributed by atoms with E-state index in [4.69, 9.17) is 5.11 Å². The van der Waals surface area contributed by atoms with E-state index in [1.165, 1.54) is 0 Å². The molecule has 0 saturated heterocycles. The molecular formula is C6H13NO3. The van der Waals surface area contributed by atoms with Crippen LogP contribution in [0, 0.1) is 16.0 Å². The van der Waals surface area contributed by atoms with Gasteiger partial charge in [0.25, 0.3) is 0 Å². The summed E-state index contributed by atoms with van der Waals surface area (Å²) in [4.78, 5) is 9.75. The van der Waals surface area contributed by atoms with E-state index in [-0.39, 0.29) is 17.4 Å². The second kappa shape index (κ2) is 4.22. The second-order valence-corrected chi connectivity index (χ2v) is 2.66. The van der Waals surface area contributed by atoms with Crippen molar-refractivity contribution in [3.05, 3.63) is 10.1 Å². The molecule has 60 valence electrons. The standard InChI is InChI=1S/C6H13NO3/c1-5(4-8)3-6(2)7(9)10/h5-6,8H,3-4H2,1-2H3. The summed E-state index contributed by atoms with van der Waals surface area (Å²) in [6, 6.07) is -0.540. The summed E-state index contributed by atoms with van der Waals surface area (Å²) in [5, 5.41) is 18.6. The molecule has 0 bridgehead atoms. The van der Waals surface area contributed by atoms with Crippen molar-refractivity contribution in [3.63, 3.8) is 0 Å². The summed E-state index contributed by atoms with van der Waals surface area (Å²) in [7, 11) is 0. The Morgan fingerprint density at radius 2 is 2.10 bits per heavy atom. The van der Waals surface area contributed by atoms with Crippen molar-refractivity contribution in [2.45, 2.75) is 26.3 Å². The van der Waals surface area contributed by atoms with Gasteiger partial charge in [-0.05, 0) is 5.92 Å². The summed E-state index contributed by atoms with van der Waals surface area (Å²) in [6.07, 6.45) is 0.448. The monoisotopic (exact) mass is 147 g/mol. The average molecular weight is 147 g/mol. The Labute approximate surface area is 60.0 Å². The first-order valence-corrected chi connectivity index (χ1v) is 3.32.